The average Bonchev–Trinajstić information content (AvgIpc) is 2.37. The number of alkyl halides is 1. The number of ether oxygens (including phenoxy) is 1. The smallest absolute Gasteiger partial charge is 0.124 e. The van der Waals surface area contributed by atoms with E-state index in [1.54, 1.807) is 0 Å². The SMILES string of the molecule is Cc1cccc(COc2ccccc2CCl)c1. The second-order valence-corrected chi connectivity index (χ2v) is 4.29. The van der Waals surface area contributed by atoms with Gasteiger partial charge >= 0.3 is 0 Å². The average molecular weight is 247 g/mol. The summed E-state index contributed by atoms with van der Waals surface area (Å²) < 4.78 is 5.78. The summed E-state index contributed by atoms with van der Waals surface area (Å²) in [5.41, 5.74) is 3.45. The molecule has 0 N–H and O–H groups in total. The first-order chi connectivity index (χ1) is 8.29. The molecule has 0 unspecified atom stereocenters. The molecule has 0 spiro atoms. The molecule has 2 heteroatoms. The van der Waals surface area contributed by atoms with Gasteiger partial charge in [-0.3, -0.25) is 0 Å². The number of hydrogen-bond donors (Lipinski definition) is 0. The quantitative estimate of drug-likeness (QED) is 0.731. The zero-order valence-corrected chi connectivity index (χ0v) is 10.6. The second-order valence-electron chi connectivity index (χ2n) is 4.02. The Hall–Kier alpha value is -1.47. The lowest BCUT2D eigenvalue weighted by Gasteiger charge is -2.10. The number of benzene rings is 2. The van der Waals surface area contributed by atoms with Crippen LogP contribution in [-0.2, 0) is 12.5 Å². The monoisotopic (exact) mass is 246 g/mol. The van der Waals surface area contributed by atoms with E-state index in [1.807, 2.05) is 30.3 Å². The Morgan fingerprint density at radius 3 is 2.65 bits per heavy atom. The number of rotatable bonds is 4. The molecule has 0 aliphatic carbocycles. The number of halogens is 1. The summed E-state index contributed by atoms with van der Waals surface area (Å²) in [5, 5.41) is 0. The van der Waals surface area contributed by atoms with Crippen molar-refractivity contribution in [3.05, 3.63) is 65.2 Å². The van der Waals surface area contributed by atoms with Gasteiger partial charge in [-0.1, -0.05) is 48.0 Å². The lowest BCUT2D eigenvalue weighted by molar-refractivity contribution is 0.304. The van der Waals surface area contributed by atoms with Crippen LogP contribution in [0.2, 0.25) is 0 Å². The molecular weight excluding hydrogens is 232 g/mol. The Balaban J connectivity index is 2.07. The number of hydrogen-bond acceptors (Lipinski definition) is 1. The van der Waals surface area contributed by atoms with Crippen molar-refractivity contribution in [3.63, 3.8) is 0 Å². The summed E-state index contributed by atoms with van der Waals surface area (Å²) >= 11 is 5.86. The van der Waals surface area contributed by atoms with Crippen LogP contribution in [0.1, 0.15) is 16.7 Å². The molecular formula is C15H15ClO. The van der Waals surface area contributed by atoms with Gasteiger partial charge in [0, 0.05) is 5.56 Å². The highest BCUT2D eigenvalue weighted by molar-refractivity contribution is 6.17. The van der Waals surface area contributed by atoms with Gasteiger partial charge in [0.2, 0.25) is 0 Å². The van der Waals surface area contributed by atoms with E-state index in [0.717, 1.165) is 11.3 Å². The van der Waals surface area contributed by atoms with Crippen LogP contribution in [0.4, 0.5) is 0 Å². The molecule has 0 bridgehead atoms. The van der Waals surface area contributed by atoms with Gasteiger partial charge in [0.1, 0.15) is 12.4 Å². The summed E-state index contributed by atoms with van der Waals surface area (Å²) in [4.78, 5) is 0. The highest BCUT2D eigenvalue weighted by atomic mass is 35.5. The molecule has 0 atom stereocenters. The Bertz CT molecular complexity index is 494. The zero-order chi connectivity index (χ0) is 12.1. The summed E-state index contributed by atoms with van der Waals surface area (Å²) in [6.07, 6.45) is 0. The highest BCUT2D eigenvalue weighted by Crippen LogP contribution is 2.21. The molecule has 1 nitrogen and oxygen atoms in total. The molecule has 2 rings (SSSR count). The third-order valence-electron chi connectivity index (χ3n) is 2.59. The van der Waals surface area contributed by atoms with E-state index in [-0.39, 0.29) is 0 Å². The molecule has 0 aliphatic rings. The lowest BCUT2D eigenvalue weighted by atomic mass is 10.1. The molecule has 0 saturated heterocycles. The van der Waals surface area contributed by atoms with Crippen LogP contribution in [0.5, 0.6) is 5.75 Å². The van der Waals surface area contributed by atoms with Gasteiger partial charge in [0.15, 0.2) is 0 Å². The van der Waals surface area contributed by atoms with Crippen LogP contribution in [0.25, 0.3) is 0 Å². The topological polar surface area (TPSA) is 9.23 Å². The van der Waals surface area contributed by atoms with Crippen LogP contribution >= 0.6 is 11.6 Å². The Morgan fingerprint density at radius 1 is 1.06 bits per heavy atom. The summed E-state index contributed by atoms with van der Waals surface area (Å²) in [7, 11) is 0. The van der Waals surface area contributed by atoms with Crippen molar-refractivity contribution >= 4 is 11.6 Å². The van der Waals surface area contributed by atoms with E-state index >= 15 is 0 Å². The minimum Gasteiger partial charge on any atom is -0.489 e. The van der Waals surface area contributed by atoms with Crippen molar-refractivity contribution in [3.8, 4) is 5.75 Å². The van der Waals surface area contributed by atoms with E-state index in [0.29, 0.717) is 12.5 Å². The van der Waals surface area contributed by atoms with Crippen molar-refractivity contribution < 1.29 is 4.74 Å². The van der Waals surface area contributed by atoms with Gasteiger partial charge in [0.25, 0.3) is 0 Å². The van der Waals surface area contributed by atoms with E-state index in [4.69, 9.17) is 16.3 Å². The second kappa shape index (κ2) is 5.74. The summed E-state index contributed by atoms with van der Waals surface area (Å²) in [5.74, 6) is 1.34. The third kappa shape index (κ3) is 3.24. The van der Waals surface area contributed by atoms with Crippen LogP contribution in [0, 0.1) is 6.92 Å². The fraction of sp³-hybridized carbons (Fsp3) is 0.200. The molecule has 0 aliphatic heterocycles. The van der Waals surface area contributed by atoms with Crippen molar-refractivity contribution in [2.24, 2.45) is 0 Å². The number of aryl methyl sites for hydroxylation is 1. The fourth-order valence-electron chi connectivity index (χ4n) is 1.72. The molecule has 2 aromatic rings. The predicted molar refractivity (Wildman–Crippen MR) is 71.5 cm³/mol. The highest BCUT2D eigenvalue weighted by Gasteiger charge is 2.01. The molecule has 0 saturated carbocycles. The molecule has 0 aromatic heterocycles. The van der Waals surface area contributed by atoms with Crippen LogP contribution in [0.15, 0.2) is 48.5 Å². The van der Waals surface area contributed by atoms with E-state index in [2.05, 4.69) is 25.1 Å². The van der Waals surface area contributed by atoms with E-state index in [1.165, 1.54) is 11.1 Å². The lowest BCUT2D eigenvalue weighted by Crippen LogP contribution is -1.97. The Kier molecular flexibility index (Phi) is 4.05. The third-order valence-corrected chi connectivity index (χ3v) is 2.88. The fourth-order valence-corrected chi connectivity index (χ4v) is 1.94. The first-order valence-electron chi connectivity index (χ1n) is 5.62. The van der Waals surface area contributed by atoms with Crippen LogP contribution in [0.3, 0.4) is 0 Å². The van der Waals surface area contributed by atoms with Gasteiger partial charge in [-0.05, 0) is 18.6 Å². The van der Waals surface area contributed by atoms with Gasteiger partial charge in [-0.25, -0.2) is 0 Å². The standard InChI is InChI=1S/C15H15ClO/c1-12-5-4-6-13(9-12)11-17-15-8-3-2-7-14(15)10-16/h2-9H,10-11H2,1H3. The van der Waals surface area contributed by atoms with Gasteiger partial charge in [-0.15, -0.1) is 11.6 Å². The van der Waals surface area contributed by atoms with Crippen LogP contribution in [-0.4, -0.2) is 0 Å². The van der Waals surface area contributed by atoms with Crippen molar-refractivity contribution in [1.29, 1.82) is 0 Å². The first-order valence-corrected chi connectivity index (χ1v) is 6.15. The predicted octanol–water partition coefficient (Wildman–Crippen LogP) is 4.31. The maximum atomic E-state index is 5.86. The van der Waals surface area contributed by atoms with Gasteiger partial charge < -0.3 is 4.74 Å². The molecule has 0 amide bonds. The number of para-hydroxylation sites is 1. The Labute approximate surface area is 107 Å². The van der Waals surface area contributed by atoms with E-state index < -0.39 is 0 Å². The largest absolute Gasteiger partial charge is 0.489 e. The van der Waals surface area contributed by atoms with Crippen molar-refractivity contribution in [1.82, 2.24) is 0 Å². The minimum absolute atomic E-state index is 0.476. The summed E-state index contributed by atoms with van der Waals surface area (Å²) in [6.45, 7) is 2.66. The maximum absolute atomic E-state index is 5.86. The molecule has 0 heterocycles. The molecule has 2 aromatic carbocycles. The van der Waals surface area contributed by atoms with Crippen molar-refractivity contribution in [2.75, 3.05) is 0 Å². The normalized spacial score (nSPS) is 10.2. The molecule has 0 fully saturated rings. The van der Waals surface area contributed by atoms with Gasteiger partial charge in [-0.2, -0.15) is 0 Å². The summed E-state index contributed by atoms with van der Waals surface area (Å²) in [6, 6.07) is 16.2. The molecule has 88 valence electrons. The van der Waals surface area contributed by atoms with E-state index in [9.17, 15) is 0 Å². The molecule has 0 radical (unpaired) electrons. The Morgan fingerprint density at radius 2 is 1.88 bits per heavy atom. The first kappa shape index (κ1) is 12.0. The minimum atomic E-state index is 0.476. The van der Waals surface area contributed by atoms with Crippen molar-refractivity contribution in [2.45, 2.75) is 19.4 Å². The molecule has 17 heavy (non-hydrogen) atoms. The zero-order valence-electron chi connectivity index (χ0n) is 9.82. The van der Waals surface area contributed by atoms with Crippen LogP contribution < -0.4 is 4.74 Å². The van der Waals surface area contributed by atoms with Gasteiger partial charge in [0.05, 0.1) is 5.88 Å². The maximum Gasteiger partial charge on any atom is 0.124 e.